The molecular weight excluding hydrogens is 472 g/mol. The fourth-order valence-electron chi connectivity index (χ4n) is 4.44. The number of nitrogens with one attached hydrogen (secondary N) is 3. The van der Waals surface area contributed by atoms with Crippen LogP contribution in [0.25, 0.3) is 22.2 Å². The first kappa shape index (κ1) is 22.6. The molecule has 4 aromatic rings. The van der Waals surface area contributed by atoms with Gasteiger partial charge in [-0.1, -0.05) is 29.8 Å². The molecule has 0 aliphatic heterocycles. The van der Waals surface area contributed by atoms with Crippen LogP contribution in [0.3, 0.4) is 0 Å². The van der Waals surface area contributed by atoms with E-state index >= 15 is 0 Å². The van der Waals surface area contributed by atoms with Crippen LogP contribution in [-0.2, 0) is 10.0 Å². The van der Waals surface area contributed by atoms with E-state index in [9.17, 15) is 8.42 Å². The molecule has 1 aliphatic rings. The molecule has 2 atom stereocenters. The average Bonchev–Trinajstić information content (AvgIpc) is 3.25. The van der Waals surface area contributed by atoms with E-state index in [1.54, 1.807) is 18.3 Å². The van der Waals surface area contributed by atoms with Crippen molar-refractivity contribution in [2.75, 3.05) is 11.1 Å². The first-order chi connectivity index (χ1) is 16.4. The van der Waals surface area contributed by atoms with Gasteiger partial charge >= 0.3 is 0 Å². The van der Waals surface area contributed by atoms with Gasteiger partial charge in [0.2, 0.25) is 16.0 Å². The molecule has 10 heteroatoms. The maximum atomic E-state index is 12.8. The van der Waals surface area contributed by atoms with Crippen LogP contribution in [0.15, 0.2) is 65.8 Å². The molecule has 2 heterocycles. The van der Waals surface area contributed by atoms with Gasteiger partial charge in [0.1, 0.15) is 0 Å². The van der Waals surface area contributed by atoms with Gasteiger partial charge in [0.05, 0.1) is 21.8 Å². The predicted molar refractivity (Wildman–Crippen MR) is 135 cm³/mol. The summed E-state index contributed by atoms with van der Waals surface area (Å²) in [6.07, 6.45) is 6.67. The van der Waals surface area contributed by atoms with Crippen LogP contribution in [0.1, 0.15) is 25.7 Å². The molecule has 1 saturated carbocycles. The summed E-state index contributed by atoms with van der Waals surface area (Å²) in [4.78, 5) is 12.5. The Hall–Kier alpha value is -3.14. The Kier molecular flexibility index (Phi) is 6.16. The molecule has 0 spiro atoms. The Morgan fingerprint density at radius 2 is 1.82 bits per heavy atom. The number of anilines is 2. The summed E-state index contributed by atoms with van der Waals surface area (Å²) in [5.74, 6) is 0.469. The molecular formula is C24H25ClN6O2S. The van der Waals surface area contributed by atoms with Gasteiger partial charge in [-0.05, 0) is 56.0 Å². The highest BCUT2D eigenvalue weighted by atomic mass is 35.5. The van der Waals surface area contributed by atoms with E-state index in [2.05, 4.69) is 25.0 Å². The standard InChI is InChI=1S/C24H25ClN6O2S/c25-21-14-28-24(30-23(21)20-13-27-22-7-2-1-6-19(20)22)29-16-4-3-5-17(12-16)31-34(32,33)18-10-8-15(26)9-11-18/h1-2,6-11,13-14,16-17,27,31H,3-5,12,26H2,(H,28,29,30). The van der Waals surface area contributed by atoms with E-state index in [0.29, 0.717) is 28.8 Å². The minimum absolute atomic E-state index is 0.0323. The number of aromatic amines is 1. The van der Waals surface area contributed by atoms with Crippen LogP contribution in [0.4, 0.5) is 11.6 Å². The van der Waals surface area contributed by atoms with E-state index < -0.39 is 10.0 Å². The zero-order chi connectivity index (χ0) is 23.7. The molecule has 176 valence electrons. The number of nitrogen functional groups attached to an aromatic ring is 1. The minimum Gasteiger partial charge on any atom is -0.399 e. The third kappa shape index (κ3) is 4.72. The molecule has 34 heavy (non-hydrogen) atoms. The van der Waals surface area contributed by atoms with Crippen LogP contribution < -0.4 is 15.8 Å². The van der Waals surface area contributed by atoms with Crippen molar-refractivity contribution in [2.24, 2.45) is 0 Å². The van der Waals surface area contributed by atoms with Crippen LogP contribution >= 0.6 is 11.6 Å². The zero-order valence-electron chi connectivity index (χ0n) is 18.3. The van der Waals surface area contributed by atoms with Gasteiger partial charge in [0.25, 0.3) is 0 Å². The normalized spacial score (nSPS) is 18.7. The van der Waals surface area contributed by atoms with Crippen LogP contribution in [-0.4, -0.2) is 35.5 Å². The maximum absolute atomic E-state index is 12.8. The summed E-state index contributed by atoms with van der Waals surface area (Å²) in [5.41, 5.74) is 8.76. The fraction of sp³-hybridized carbons (Fsp3) is 0.250. The molecule has 1 fully saturated rings. The van der Waals surface area contributed by atoms with Crippen molar-refractivity contribution in [3.05, 3.63) is 65.9 Å². The van der Waals surface area contributed by atoms with Crippen molar-refractivity contribution < 1.29 is 8.42 Å². The summed E-state index contributed by atoms with van der Waals surface area (Å²) in [6, 6.07) is 14.0. The Balaban J connectivity index is 1.31. The number of aromatic nitrogens is 3. The number of rotatable bonds is 6. The molecule has 0 saturated heterocycles. The molecule has 5 N–H and O–H groups in total. The second-order valence-electron chi connectivity index (χ2n) is 8.53. The second kappa shape index (κ2) is 9.25. The number of nitrogens with zero attached hydrogens (tertiary/aromatic N) is 2. The molecule has 0 amide bonds. The number of benzene rings is 2. The first-order valence-corrected chi connectivity index (χ1v) is 13.0. The largest absolute Gasteiger partial charge is 0.399 e. The van der Waals surface area contributed by atoms with Crippen LogP contribution in [0, 0.1) is 0 Å². The lowest BCUT2D eigenvalue weighted by molar-refractivity contribution is 0.384. The Bertz CT molecular complexity index is 1420. The number of H-pyrrole nitrogens is 1. The number of halogens is 1. The van der Waals surface area contributed by atoms with E-state index in [1.165, 1.54) is 12.1 Å². The fourth-order valence-corrected chi connectivity index (χ4v) is 5.91. The van der Waals surface area contributed by atoms with Gasteiger partial charge < -0.3 is 16.0 Å². The summed E-state index contributed by atoms with van der Waals surface area (Å²) < 4.78 is 28.4. The number of fused-ring (bicyclic) bond motifs is 1. The van der Waals surface area contributed by atoms with Gasteiger partial charge in [-0.3, -0.25) is 0 Å². The highest BCUT2D eigenvalue weighted by Gasteiger charge is 2.27. The van der Waals surface area contributed by atoms with E-state index in [4.69, 9.17) is 17.3 Å². The summed E-state index contributed by atoms with van der Waals surface area (Å²) >= 11 is 6.44. The van der Waals surface area contributed by atoms with Crippen molar-refractivity contribution >= 4 is 44.2 Å². The number of sulfonamides is 1. The lowest BCUT2D eigenvalue weighted by atomic mass is 9.92. The first-order valence-electron chi connectivity index (χ1n) is 11.1. The topological polar surface area (TPSA) is 126 Å². The Morgan fingerprint density at radius 3 is 2.65 bits per heavy atom. The SMILES string of the molecule is Nc1ccc(S(=O)(=O)NC2CCCC(Nc3ncc(Cl)c(-c4c[nH]c5ccccc45)n3)C2)cc1. The van der Waals surface area contributed by atoms with Gasteiger partial charge in [-0.25, -0.2) is 23.1 Å². The van der Waals surface area contributed by atoms with E-state index in [-0.39, 0.29) is 17.0 Å². The monoisotopic (exact) mass is 496 g/mol. The number of para-hydroxylation sites is 1. The summed E-state index contributed by atoms with van der Waals surface area (Å²) in [7, 11) is -3.62. The molecule has 2 unspecified atom stereocenters. The van der Waals surface area contributed by atoms with Gasteiger partial charge in [-0.15, -0.1) is 0 Å². The minimum atomic E-state index is -3.62. The lowest BCUT2D eigenvalue weighted by Gasteiger charge is -2.30. The maximum Gasteiger partial charge on any atom is 0.240 e. The van der Waals surface area contributed by atoms with E-state index in [0.717, 1.165) is 35.7 Å². The molecule has 2 aromatic heterocycles. The van der Waals surface area contributed by atoms with Crippen LogP contribution in [0.5, 0.6) is 0 Å². The van der Waals surface area contributed by atoms with Crippen molar-refractivity contribution in [1.29, 1.82) is 0 Å². The number of nitrogens with two attached hydrogens (primary N) is 1. The Morgan fingerprint density at radius 1 is 1.06 bits per heavy atom. The molecule has 2 aromatic carbocycles. The smallest absolute Gasteiger partial charge is 0.240 e. The predicted octanol–water partition coefficient (Wildman–Crippen LogP) is 4.56. The molecule has 0 radical (unpaired) electrons. The van der Waals surface area contributed by atoms with Crippen LogP contribution in [0.2, 0.25) is 5.02 Å². The summed E-state index contributed by atoms with van der Waals surface area (Å²) in [5, 5.41) is 4.88. The van der Waals surface area contributed by atoms with Gasteiger partial charge in [-0.2, -0.15) is 0 Å². The van der Waals surface area contributed by atoms with Crippen molar-refractivity contribution in [3.8, 4) is 11.3 Å². The van der Waals surface area contributed by atoms with Crippen molar-refractivity contribution in [1.82, 2.24) is 19.7 Å². The zero-order valence-corrected chi connectivity index (χ0v) is 19.9. The highest BCUT2D eigenvalue weighted by Crippen LogP contribution is 2.33. The van der Waals surface area contributed by atoms with Gasteiger partial charge in [0.15, 0.2) is 0 Å². The quantitative estimate of drug-likeness (QED) is 0.290. The Labute approximate surface area is 203 Å². The number of hydrogen-bond acceptors (Lipinski definition) is 6. The molecule has 8 nitrogen and oxygen atoms in total. The number of hydrogen-bond donors (Lipinski definition) is 4. The summed E-state index contributed by atoms with van der Waals surface area (Å²) in [6.45, 7) is 0. The third-order valence-corrected chi connectivity index (χ3v) is 7.92. The molecule has 5 rings (SSSR count). The third-order valence-electron chi connectivity index (χ3n) is 6.11. The molecule has 0 bridgehead atoms. The van der Waals surface area contributed by atoms with Crippen molar-refractivity contribution in [3.63, 3.8) is 0 Å². The second-order valence-corrected chi connectivity index (χ2v) is 10.7. The van der Waals surface area contributed by atoms with E-state index in [1.807, 2.05) is 30.5 Å². The lowest BCUT2D eigenvalue weighted by Crippen LogP contribution is -2.41. The molecule has 1 aliphatic carbocycles. The highest BCUT2D eigenvalue weighted by molar-refractivity contribution is 7.89. The van der Waals surface area contributed by atoms with Gasteiger partial charge in [0, 0.05) is 40.4 Å². The van der Waals surface area contributed by atoms with Crippen molar-refractivity contribution in [2.45, 2.75) is 42.7 Å². The average molecular weight is 497 g/mol.